The number of hydrogen-bond acceptors (Lipinski definition) is 3. The summed E-state index contributed by atoms with van der Waals surface area (Å²) in [6, 6.07) is 6.58. The molecule has 0 radical (unpaired) electrons. The number of nitrogens with zero attached hydrogens (tertiary/aromatic N) is 2. The quantitative estimate of drug-likeness (QED) is 0.611. The largest absolute Gasteiger partial charge is 0.496 e. The van der Waals surface area contributed by atoms with Crippen molar-refractivity contribution in [2.45, 2.75) is 25.9 Å². The van der Waals surface area contributed by atoms with E-state index in [-0.39, 0.29) is 6.04 Å². The van der Waals surface area contributed by atoms with E-state index in [1.165, 1.54) is 11.1 Å². The molecule has 0 fully saturated rings. The van der Waals surface area contributed by atoms with Gasteiger partial charge in [-0.2, -0.15) is 0 Å². The molecular formula is C19H29N2O3+. The van der Waals surface area contributed by atoms with E-state index in [4.69, 9.17) is 9.84 Å². The Bertz CT molecular complexity index is 624. The predicted molar refractivity (Wildman–Crippen MR) is 95.9 cm³/mol. The van der Waals surface area contributed by atoms with Gasteiger partial charge in [0.2, 0.25) is 0 Å². The Morgan fingerprint density at radius 1 is 1.38 bits per heavy atom. The summed E-state index contributed by atoms with van der Waals surface area (Å²) in [5.74, 6) is 4.65. The second-order valence-corrected chi connectivity index (χ2v) is 7.17. The molecular weight excluding hydrogens is 304 g/mol. The number of ether oxygens (including phenoxy) is 1. The first-order chi connectivity index (χ1) is 11.1. The van der Waals surface area contributed by atoms with Gasteiger partial charge in [-0.15, -0.1) is 0 Å². The predicted octanol–water partition coefficient (Wildman–Crippen LogP) is 1.85. The van der Waals surface area contributed by atoms with E-state index in [2.05, 4.69) is 56.9 Å². The fraction of sp³-hybridized carbons (Fsp3) is 0.526. The van der Waals surface area contributed by atoms with Crippen molar-refractivity contribution in [3.05, 3.63) is 29.3 Å². The maximum atomic E-state index is 10.4. The number of aliphatic carboxylic acids is 1. The van der Waals surface area contributed by atoms with E-state index in [1.54, 1.807) is 7.11 Å². The molecule has 0 saturated heterocycles. The number of benzene rings is 1. The maximum absolute atomic E-state index is 10.4. The van der Waals surface area contributed by atoms with Gasteiger partial charge in [0.05, 0.1) is 34.8 Å². The van der Waals surface area contributed by atoms with Gasteiger partial charge in [0.1, 0.15) is 12.3 Å². The van der Waals surface area contributed by atoms with Crippen LogP contribution in [0.5, 0.6) is 5.75 Å². The molecule has 1 N–H and O–H groups in total. The molecule has 0 bridgehead atoms. The molecule has 5 nitrogen and oxygen atoms in total. The van der Waals surface area contributed by atoms with E-state index < -0.39 is 5.97 Å². The van der Waals surface area contributed by atoms with Crippen molar-refractivity contribution in [3.63, 3.8) is 0 Å². The molecule has 0 aliphatic rings. The number of carbonyl (C=O) groups is 1. The fourth-order valence-electron chi connectivity index (χ4n) is 2.49. The zero-order valence-electron chi connectivity index (χ0n) is 15.6. The van der Waals surface area contributed by atoms with Crippen LogP contribution in [0.1, 0.15) is 18.1 Å². The zero-order valence-corrected chi connectivity index (χ0v) is 15.6. The Balaban J connectivity index is 2.82. The van der Waals surface area contributed by atoms with Gasteiger partial charge in [0.15, 0.2) is 0 Å². The maximum Gasteiger partial charge on any atom is 0.381 e. The van der Waals surface area contributed by atoms with E-state index in [0.29, 0.717) is 6.54 Å². The minimum Gasteiger partial charge on any atom is -0.496 e. The average molecular weight is 333 g/mol. The highest BCUT2D eigenvalue weighted by atomic mass is 16.5. The van der Waals surface area contributed by atoms with Crippen LogP contribution in [0.15, 0.2) is 18.2 Å². The lowest BCUT2D eigenvalue weighted by molar-refractivity contribution is -0.884. The number of quaternary nitrogens is 1. The standard InChI is InChI=1S/C19H28N2O3/c1-15(20(2)11-7-8-19(22)23)12-16-9-10-18(24-6)17(13-16)14-21(3,4)5/h9-10,13,15H,11-12,14H2,1-6H3/p+1/t15-/m1/s1. The van der Waals surface area contributed by atoms with Gasteiger partial charge in [-0.25, -0.2) is 4.79 Å². The van der Waals surface area contributed by atoms with Crippen molar-refractivity contribution >= 4 is 5.97 Å². The number of likely N-dealkylation sites (N-methyl/N-ethyl adjacent to an activating group) is 1. The van der Waals surface area contributed by atoms with E-state index in [9.17, 15) is 4.79 Å². The normalized spacial score (nSPS) is 12.5. The summed E-state index contributed by atoms with van der Waals surface area (Å²) < 4.78 is 6.31. The minimum absolute atomic E-state index is 0.262. The summed E-state index contributed by atoms with van der Waals surface area (Å²) in [5, 5.41) is 8.57. The van der Waals surface area contributed by atoms with Gasteiger partial charge in [0, 0.05) is 17.5 Å². The van der Waals surface area contributed by atoms with E-state index in [0.717, 1.165) is 23.2 Å². The molecule has 1 atom stereocenters. The second kappa shape index (κ2) is 8.72. The van der Waals surface area contributed by atoms with Crippen molar-refractivity contribution < 1.29 is 19.1 Å². The van der Waals surface area contributed by atoms with Gasteiger partial charge >= 0.3 is 5.97 Å². The molecule has 24 heavy (non-hydrogen) atoms. The lowest BCUT2D eigenvalue weighted by Gasteiger charge is -2.26. The molecule has 0 heterocycles. The molecule has 5 heteroatoms. The Morgan fingerprint density at radius 3 is 2.58 bits per heavy atom. The van der Waals surface area contributed by atoms with Crippen LogP contribution in [0.3, 0.4) is 0 Å². The van der Waals surface area contributed by atoms with Crippen molar-refractivity contribution in [3.8, 4) is 17.6 Å². The topological polar surface area (TPSA) is 49.8 Å². The smallest absolute Gasteiger partial charge is 0.381 e. The summed E-state index contributed by atoms with van der Waals surface area (Å²) in [4.78, 5) is 12.5. The van der Waals surface area contributed by atoms with Crippen molar-refractivity contribution in [2.75, 3.05) is 41.8 Å². The molecule has 1 rings (SSSR count). The van der Waals surface area contributed by atoms with Crippen LogP contribution in [0.25, 0.3) is 0 Å². The first kappa shape index (κ1) is 20.0. The third-order valence-corrected chi connectivity index (χ3v) is 3.80. The highest BCUT2D eigenvalue weighted by Crippen LogP contribution is 2.23. The summed E-state index contributed by atoms with van der Waals surface area (Å²) in [6.45, 7) is 3.45. The van der Waals surface area contributed by atoms with Crippen LogP contribution in [-0.4, -0.2) is 68.3 Å². The van der Waals surface area contributed by atoms with Crippen molar-refractivity contribution in [1.82, 2.24) is 4.90 Å². The second-order valence-electron chi connectivity index (χ2n) is 7.17. The Morgan fingerprint density at radius 2 is 2.04 bits per heavy atom. The highest BCUT2D eigenvalue weighted by molar-refractivity contribution is 5.86. The lowest BCUT2D eigenvalue weighted by atomic mass is 10.0. The first-order valence-electron chi connectivity index (χ1n) is 8.00. The summed E-state index contributed by atoms with van der Waals surface area (Å²) in [5.41, 5.74) is 2.44. The number of carboxylic acids is 1. The van der Waals surface area contributed by atoms with E-state index in [1.807, 2.05) is 13.1 Å². The lowest BCUT2D eigenvalue weighted by Crippen LogP contribution is -2.33. The SMILES string of the molecule is COc1ccc(C[C@@H](C)N(C)CC#CC(=O)O)cc1C[N+](C)(C)C. The Kier molecular flexibility index (Phi) is 7.27. The molecule has 1 aromatic rings. The Labute approximate surface area is 145 Å². The third kappa shape index (κ3) is 7.03. The van der Waals surface area contributed by atoms with Crippen LogP contribution in [0.4, 0.5) is 0 Å². The molecule has 0 aromatic heterocycles. The molecule has 0 spiro atoms. The van der Waals surface area contributed by atoms with Crippen molar-refractivity contribution in [2.24, 2.45) is 0 Å². The van der Waals surface area contributed by atoms with E-state index >= 15 is 0 Å². The van der Waals surface area contributed by atoms with Crippen LogP contribution in [-0.2, 0) is 17.8 Å². The first-order valence-corrected chi connectivity index (χ1v) is 8.00. The fourth-order valence-corrected chi connectivity index (χ4v) is 2.49. The van der Waals surface area contributed by atoms with Gasteiger partial charge < -0.3 is 14.3 Å². The molecule has 132 valence electrons. The minimum atomic E-state index is -1.09. The Hall–Kier alpha value is -2.03. The molecule has 0 saturated carbocycles. The number of hydrogen-bond donors (Lipinski definition) is 1. The van der Waals surface area contributed by atoms with Gasteiger partial charge in [-0.3, -0.25) is 4.90 Å². The number of methoxy groups -OCH3 is 1. The van der Waals surface area contributed by atoms with Crippen molar-refractivity contribution in [1.29, 1.82) is 0 Å². The molecule has 0 aliphatic heterocycles. The summed E-state index contributed by atoms with van der Waals surface area (Å²) >= 11 is 0. The molecule has 0 unspecified atom stereocenters. The highest BCUT2D eigenvalue weighted by Gasteiger charge is 2.15. The molecule has 1 aromatic carbocycles. The third-order valence-electron chi connectivity index (χ3n) is 3.80. The zero-order chi connectivity index (χ0) is 18.3. The number of rotatable bonds is 7. The van der Waals surface area contributed by atoms with Gasteiger partial charge in [-0.05, 0) is 38.1 Å². The summed E-state index contributed by atoms with van der Waals surface area (Å²) in [6.07, 6.45) is 0.874. The van der Waals surface area contributed by atoms with Crippen LogP contribution < -0.4 is 4.74 Å². The molecule has 0 aliphatic carbocycles. The average Bonchev–Trinajstić information content (AvgIpc) is 2.45. The molecule has 0 amide bonds. The van der Waals surface area contributed by atoms with Gasteiger partial charge in [0.25, 0.3) is 0 Å². The monoisotopic (exact) mass is 333 g/mol. The van der Waals surface area contributed by atoms with Crippen LogP contribution in [0, 0.1) is 11.8 Å². The van der Waals surface area contributed by atoms with Crippen LogP contribution in [0.2, 0.25) is 0 Å². The summed E-state index contributed by atoms with van der Waals surface area (Å²) in [7, 11) is 10.1. The van der Waals surface area contributed by atoms with Gasteiger partial charge in [-0.1, -0.05) is 12.0 Å². The van der Waals surface area contributed by atoms with Crippen LogP contribution >= 0.6 is 0 Å². The number of carboxylic acid groups (broad SMARTS) is 1.